The van der Waals surface area contributed by atoms with Crippen LogP contribution in [0.1, 0.15) is 36.3 Å². The molecule has 0 aromatic carbocycles. The van der Waals surface area contributed by atoms with E-state index in [1.165, 1.54) is 0 Å². The van der Waals surface area contributed by atoms with Gasteiger partial charge < -0.3 is 19.9 Å². The molecule has 6 heteroatoms. The van der Waals surface area contributed by atoms with E-state index in [1.54, 1.807) is 6.20 Å². The molecule has 25 heavy (non-hydrogen) atoms. The summed E-state index contributed by atoms with van der Waals surface area (Å²) in [6, 6.07) is 1.87. The van der Waals surface area contributed by atoms with E-state index >= 15 is 0 Å². The van der Waals surface area contributed by atoms with E-state index in [0.717, 1.165) is 70.0 Å². The summed E-state index contributed by atoms with van der Waals surface area (Å²) < 4.78 is 5.55. The van der Waals surface area contributed by atoms with Crippen LogP contribution in [0, 0.1) is 5.92 Å². The number of likely N-dealkylation sites (N-methyl/N-ethyl adjacent to an activating group) is 1. The minimum absolute atomic E-state index is 0.0870. The Morgan fingerprint density at radius 2 is 2.08 bits per heavy atom. The maximum Gasteiger partial charge on any atom is 0.269 e. The fraction of sp³-hybridized carbons (Fsp3) is 0.684. The zero-order valence-corrected chi connectivity index (χ0v) is 15.5. The number of hydrogen-bond donors (Lipinski definition) is 1. The molecule has 3 rings (SSSR count). The van der Waals surface area contributed by atoms with Crippen molar-refractivity contribution in [1.82, 2.24) is 20.1 Å². The number of pyridine rings is 1. The van der Waals surface area contributed by atoms with Crippen molar-refractivity contribution in [2.24, 2.45) is 5.92 Å². The third-order valence-electron chi connectivity index (χ3n) is 5.12. The lowest BCUT2D eigenvalue weighted by atomic mass is 10.1. The van der Waals surface area contributed by atoms with Gasteiger partial charge >= 0.3 is 0 Å². The molecule has 1 N–H and O–H groups in total. The van der Waals surface area contributed by atoms with Gasteiger partial charge in [0.1, 0.15) is 11.4 Å². The lowest BCUT2D eigenvalue weighted by molar-refractivity contribution is 0.0928. The second-order valence-corrected chi connectivity index (χ2v) is 7.18. The third-order valence-corrected chi connectivity index (χ3v) is 5.12. The number of fused-ring (bicyclic) bond motifs is 1. The molecule has 2 aliphatic rings. The van der Waals surface area contributed by atoms with Crippen LogP contribution >= 0.6 is 0 Å². The predicted octanol–water partition coefficient (Wildman–Crippen LogP) is 1.41. The molecule has 0 spiro atoms. The van der Waals surface area contributed by atoms with Gasteiger partial charge in [0.25, 0.3) is 5.91 Å². The summed E-state index contributed by atoms with van der Waals surface area (Å²) in [5.41, 5.74) is 1.58. The summed E-state index contributed by atoms with van der Waals surface area (Å²) in [7, 11) is 0. The summed E-state index contributed by atoms with van der Waals surface area (Å²) in [6.45, 7) is 12.5. The Hall–Kier alpha value is -1.66. The Balaban J connectivity index is 1.44. The first-order valence-corrected chi connectivity index (χ1v) is 9.50. The molecule has 3 heterocycles. The Bertz CT molecular complexity index is 585. The van der Waals surface area contributed by atoms with E-state index in [0.29, 0.717) is 18.2 Å². The first-order chi connectivity index (χ1) is 12.2. The molecule has 0 radical (unpaired) electrons. The first-order valence-electron chi connectivity index (χ1n) is 9.50. The van der Waals surface area contributed by atoms with Crippen molar-refractivity contribution < 1.29 is 9.53 Å². The molecule has 1 saturated heterocycles. The molecular formula is C19H30N4O2. The van der Waals surface area contributed by atoms with Crippen LogP contribution < -0.4 is 10.1 Å². The lowest BCUT2D eigenvalue weighted by Gasteiger charge is -2.35. The molecule has 6 nitrogen and oxygen atoms in total. The monoisotopic (exact) mass is 346 g/mol. The van der Waals surface area contributed by atoms with Gasteiger partial charge in [-0.15, -0.1) is 0 Å². The van der Waals surface area contributed by atoms with Gasteiger partial charge in [-0.25, -0.2) is 4.98 Å². The maximum absolute atomic E-state index is 12.4. The molecule has 0 saturated carbocycles. The van der Waals surface area contributed by atoms with Crippen molar-refractivity contribution in [2.75, 3.05) is 52.4 Å². The van der Waals surface area contributed by atoms with E-state index in [2.05, 4.69) is 33.9 Å². The average molecular weight is 346 g/mol. The zero-order valence-electron chi connectivity index (χ0n) is 15.5. The number of aryl methyl sites for hydroxylation is 1. The van der Waals surface area contributed by atoms with Gasteiger partial charge in [-0.1, -0.05) is 13.8 Å². The highest BCUT2D eigenvalue weighted by molar-refractivity contribution is 5.92. The van der Waals surface area contributed by atoms with Crippen LogP contribution in [-0.4, -0.2) is 73.1 Å². The quantitative estimate of drug-likeness (QED) is 0.844. The van der Waals surface area contributed by atoms with Crippen LogP contribution in [-0.2, 0) is 6.42 Å². The van der Waals surface area contributed by atoms with Gasteiger partial charge in [-0.3, -0.25) is 4.79 Å². The Labute approximate surface area is 150 Å². The molecule has 1 unspecified atom stereocenters. The Morgan fingerprint density at radius 3 is 2.84 bits per heavy atom. The van der Waals surface area contributed by atoms with Gasteiger partial charge in [0.05, 0.1) is 12.8 Å². The van der Waals surface area contributed by atoms with Crippen LogP contribution in [0.25, 0.3) is 0 Å². The number of piperazine rings is 1. The van der Waals surface area contributed by atoms with Gasteiger partial charge in [-0.05, 0) is 36.9 Å². The number of carbonyl (C=O) groups is 1. The van der Waals surface area contributed by atoms with Gasteiger partial charge in [-0.2, -0.15) is 0 Å². The maximum atomic E-state index is 12.4. The molecule has 1 amide bonds. The number of aromatic nitrogens is 1. The fourth-order valence-corrected chi connectivity index (χ4v) is 3.53. The van der Waals surface area contributed by atoms with E-state index in [-0.39, 0.29) is 5.91 Å². The summed E-state index contributed by atoms with van der Waals surface area (Å²) >= 11 is 0. The standard InChI is InChI=1S/C19H30N4O2/c1-3-22-6-8-23(9-7-22)14-15(2)12-21-19(24)17-11-16-5-4-10-25-18(16)13-20-17/h11,13,15H,3-10,12,14H2,1-2H3,(H,21,24). The van der Waals surface area contributed by atoms with E-state index < -0.39 is 0 Å². The highest BCUT2D eigenvalue weighted by atomic mass is 16.5. The molecule has 1 atom stereocenters. The number of amides is 1. The topological polar surface area (TPSA) is 57.7 Å². The molecule has 1 aromatic heterocycles. The second-order valence-electron chi connectivity index (χ2n) is 7.18. The van der Waals surface area contributed by atoms with Gasteiger partial charge in [0.2, 0.25) is 0 Å². The van der Waals surface area contributed by atoms with E-state index in [9.17, 15) is 4.79 Å². The van der Waals surface area contributed by atoms with Crippen molar-refractivity contribution in [1.29, 1.82) is 0 Å². The van der Waals surface area contributed by atoms with Gasteiger partial charge in [0.15, 0.2) is 0 Å². The van der Waals surface area contributed by atoms with Crippen LogP contribution in [0.3, 0.4) is 0 Å². The SMILES string of the molecule is CCN1CCN(CC(C)CNC(=O)c2cc3c(cn2)OCCC3)CC1. The second kappa shape index (κ2) is 8.63. The number of rotatable bonds is 6. The zero-order chi connectivity index (χ0) is 17.6. The predicted molar refractivity (Wildman–Crippen MR) is 98.1 cm³/mol. The molecule has 0 bridgehead atoms. The van der Waals surface area contributed by atoms with Crippen LogP contribution in [0.15, 0.2) is 12.3 Å². The average Bonchev–Trinajstić information content (AvgIpc) is 2.66. The lowest BCUT2D eigenvalue weighted by Crippen LogP contribution is -2.48. The highest BCUT2D eigenvalue weighted by Gasteiger charge is 2.19. The molecule has 138 valence electrons. The van der Waals surface area contributed by atoms with Crippen LogP contribution in [0.5, 0.6) is 5.75 Å². The number of ether oxygens (including phenoxy) is 1. The summed E-state index contributed by atoms with van der Waals surface area (Å²) in [4.78, 5) is 21.6. The third kappa shape index (κ3) is 4.92. The summed E-state index contributed by atoms with van der Waals surface area (Å²) in [5.74, 6) is 1.16. The minimum Gasteiger partial charge on any atom is -0.492 e. The first kappa shape index (κ1) is 18.1. The Kier molecular flexibility index (Phi) is 6.26. The van der Waals surface area contributed by atoms with E-state index in [1.807, 2.05) is 6.07 Å². The van der Waals surface area contributed by atoms with Crippen molar-refractivity contribution in [2.45, 2.75) is 26.7 Å². The van der Waals surface area contributed by atoms with Crippen molar-refractivity contribution >= 4 is 5.91 Å². The normalized spacial score (nSPS) is 19.8. The Morgan fingerprint density at radius 1 is 1.32 bits per heavy atom. The smallest absolute Gasteiger partial charge is 0.269 e. The highest BCUT2D eigenvalue weighted by Crippen LogP contribution is 2.23. The number of hydrogen-bond acceptors (Lipinski definition) is 5. The summed E-state index contributed by atoms with van der Waals surface area (Å²) in [6.07, 6.45) is 3.64. The molecule has 0 aliphatic carbocycles. The minimum atomic E-state index is -0.0870. The number of carbonyl (C=O) groups excluding carboxylic acids is 1. The summed E-state index contributed by atoms with van der Waals surface area (Å²) in [5, 5.41) is 3.04. The molecular weight excluding hydrogens is 316 g/mol. The molecule has 2 aliphatic heterocycles. The van der Waals surface area contributed by atoms with Crippen molar-refractivity contribution in [3.8, 4) is 5.75 Å². The van der Waals surface area contributed by atoms with Crippen molar-refractivity contribution in [3.63, 3.8) is 0 Å². The van der Waals surface area contributed by atoms with Crippen LogP contribution in [0.2, 0.25) is 0 Å². The van der Waals surface area contributed by atoms with Crippen molar-refractivity contribution in [3.05, 3.63) is 23.5 Å². The van der Waals surface area contributed by atoms with Gasteiger partial charge in [0, 0.05) is 39.3 Å². The number of nitrogens with one attached hydrogen (secondary N) is 1. The number of nitrogens with zero attached hydrogens (tertiary/aromatic N) is 3. The van der Waals surface area contributed by atoms with Crippen LogP contribution in [0.4, 0.5) is 0 Å². The molecule has 1 fully saturated rings. The largest absolute Gasteiger partial charge is 0.492 e. The fourth-order valence-electron chi connectivity index (χ4n) is 3.53. The van der Waals surface area contributed by atoms with E-state index in [4.69, 9.17) is 4.74 Å². The molecule has 1 aromatic rings.